The molecule has 0 unspecified atom stereocenters. The minimum absolute atomic E-state index is 0.0580. The van der Waals surface area contributed by atoms with Crippen LogP contribution in [0.3, 0.4) is 0 Å². The van der Waals surface area contributed by atoms with Crippen molar-refractivity contribution in [2.75, 3.05) is 13.2 Å². The highest BCUT2D eigenvalue weighted by molar-refractivity contribution is 5.85. The molecule has 0 amide bonds. The number of ether oxygens (including phenoxy) is 3. The zero-order chi connectivity index (χ0) is 21.3. The maximum absolute atomic E-state index is 13.7. The van der Waals surface area contributed by atoms with Gasteiger partial charge in [0, 0.05) is 37.0 Å². The van der Waals surface area contributed by atoms with Crippen molar-refractivity contribution in [2.45, 2.75) is 72.0 Å². The van der Waals surface area contributed by atoms with Gasteiger partial charge >= 0.3 is 5.97 Å². The Balaban J connectivity index is 1.48. The lowest BCUT2D eigenvalue weighted by Crippen LogP contribution is -2.56. The molecule has 6 atom stereocenters. The van der Waals surface area contributed by atoms with Gasteiger partial charge in [0.2, 0.25) is 0 Å². The number of allylic oxidation sites excluding steroid dienone is 4. The van der Waals surface area contributed by atoms with Crippen LogP contribution in [0.15, 0.2) is 23.5 Å². The molecule has 1 aliphatic heterocycles. The van der Waals surface area contributed by atoms with Gasteiger partial charge in [0.25, 0.3) is 0 Å². The van der Waals surface area contributed by atoms with Crippen LogP contribution in [0.25, 0.3) is 0 Å². The molecule has 0 bridgehead atoms. The first-order valence-electron chi connectivity index (χ1n) is 11.6. The largest absolute Gasteiger partial charge is 0.431 e. The lowest BCUT2D eigenvalue weighted by molar-refractivity contribution is -0.212. The van der Waals surface area contributed by atoms with E-state index in [4.69, 9.17) is 14.2 Å². The average Bonchev–Trinajstić information content (AvgIpc) is 3.25. The Bertz CT molecular complexity index is 834. The average molecular weight is 415 g/mol. The molecule has 0 aromatic heterocycles. The second kappa shape index (κ2) is 6.77. The fraction of sp³-hybridized carbons (Fsp3) is 0.760. The molecule has 5 aliphatic rings. The van der Waals surface area contributed by atoms with E-state index in [9.17, 15) is 9.59 Å². The zero-order valence-electron chi connectivity index (χ0n) is 18.7. The van der Waals surface area contributed by atoms with Crippen LogP contribution >= 0.6 is 0 Å². The second-order valence-electron chi connectivity index (χ2n) is 10.8. The third-order valence-electron chi connectivity index (χ3n) is 9.19. The summed E-state index contributed by atoms with van der Waals surface area (Å²) in [6.45, 7) is 9.40. The molecule has 3 fully saturated rings. The van der Waals surface area contributed by atoms with E-state index in [2.05, 4.69) is 26.8 Å². The maximum Gasteiger partial charge on any atom is 0.307 e. The third-order valence-corrected chi connectivity index (χ3v) is 9.19. The standard InChI is InChI=1S/C25H34O5/c1-15(26)30-17-9-10-23(2)16(13-17)5-6-18-19-7-8-21(25(4)28-11-12-29-25)24(19,3)14-20(27)22(18)23/h5,13,18-19,21-22H,6-12,14H2,1-4H3/t18-,19-,21-,22+,23-,24-/m0/s1. The highest BCUT2D eigenvalue weighted by Crippen LogP contribution is 2.66. The quantitative estimate of drug-likeness (QED) is 0.620. The number of hydrogen-bond donors (Lipinski definition) is 0. The Hall–Kier alpha value is -1.46. The van der Waals surface area contributed by atoms with Crippen LogP contribution in [0, 0.1) is 34.5 Å². The number of carbonyl (C=O) groups excluding carboxylic acids is 2. The molecule has 0 radical (unpaired) electrons. The summed E-state index contributed by atoms with van der Waals surface area (Å²) in [5, 5.41) is 0. The Morgan fingerprint density at radius 1 is 1.17 bits per heavy atom. The first kappa shape index (κ1) is 20.4. The van der Waals surface area contributed by atoms with Gasteiger partial charge in [-0.15, -0.1) is 0 Å². The van der Waals surface area contributed by atoms with Crippen molar-refractivity contribution >= 4 is 11.8 Å². The van der Waals surface area contributed by atoms with Gasteiger partial charge in [0.05, 0.1) is 13.2 Å². The smallest absolute Gasteiger partial charge is 0.307 e. The SMILES string of the molecule is CC(=O)OC1=CC2=CC[C@H]3[C@@H]4CC[C@H](C5(C)OCCO5)[C@@]4(C)CC(=O)[C@@H]3[C@@]2(C)CC1. The molecule has 164 valence electrons. The zero-order valence-corrected chi connectivity index (χ0v) is 18.7. The number of Topliss-reactive ketones (excluding diaryl/α,β-unsaturated/α-hetero) is 1. The normalized spacial score (nSPS) is 44.5. The molecule has 4 aliphatic carbocycles. The third kappa shape index (κ3) is 2.81. The van der Waals surface area contributed by atoms with Crippen LogP contribution in [-0.4, -0.2) is 30.8 Å². The van der Waals surface area contributed by atoms with E-state index in [0.717, 1.165) is 31.4 Å². The summed E-state index contributed by atoms with van der Waals surface area (Å²) < 4.78 is 17.5. The summed E-state index contributed by atoms with van der Waals surface area (Å²) in [6, 6.07) is 0. The summed E-state index contributed by atoms with van der Waals surface area (Å²) in [7, 11) is 0. The molecule has 1 heterocycles. The van der Waals surface area contributed by atoms with Gasteiger partial charge in [0.15, 0.2) is 5.79 Å². The molecule has 5 rings (SSSR count). The van der Waals surface area contributed by atoms with Crippen molar-refractivity contribution < 1.29 is 23.8 Å². The minimum Gasteiger partial charge on any atom is -0.431 e. The number of hydrogen-bond acceptors (Lipinski definition) is 5. The Morgan fingerprint density at radius 3 is 2.60 bits per heavy atom. The number of rotatable bonds is 2. The maximum atomic E-state index is 13.7. The van der Waals surface area contributed by atoms with Crippen LogP contribution < -0.4 is 0 Å². The van der Waals surface area contributed by atoms with Crippen molar-refractivity contribution in [3.05, 3.63) is 23.5 Å². The van der Waals surface area contributed by atoms with Crippen molar-refractivity contribution in [1.82, 2.24) is 0 Å². The molecule has 5 heteroatoms. The topological polar surface area (TPSA) is 61.8 Å². The molecular formula is C25H34O5. The number of esters is 1. The van der Waals surface area contributed by atoms with Gasteiger partial charge in [-0.1, -0.05) is 19.9 Å². The molecule has 0 spiro atoms. The minimum atomic E-state index is -0.553. The van der Waals surface area contributed by atoms with Gasteiger partial charge in [-0.05, 0) is 61.5 Å². The first-order chi connectivity index (χ1) is 14.2. The van der Waals surface area contributed by atoms with Crippen molar-refractivity contribution in [3.8, 4) is 0 Å². The number of fused-ring (bicyclic) bond motifs is 5. The molecular weight excluding hydrogens is 380 g/mol. The highest BCUT2D eigenvalue weighted by Gasteiger charge is 2.65. The van der Waals surface area contributed by atoms with Crippen molar-refractivity contribution in [2.24, 2.45) is 34.5 Å². The van der Waals surface area contributed by atoms with Crippen LogP contribution in [-0.2, 0) is 23.8 Å². The Kier molecular flexibility index (Phi) is 4.61. The summed E-state index contributed by atoms with van der Waals surface area (Å²) >= 11 is 0. The van der Waals surface area contributed by atoms with Crippen molar-refractivity contribution in [1.29, 1.82) is 0 Å². The van der Waals surface area contributed by atoms with E-state index in [1.54, 1.807) is 0 Å². The molecule has 30 heavy (non-hydrogen) atoms. The Morgan fingerprint density at radius 2 is 1.90 bits per heavy atom. The second-order valence-corrected chi connectivity index (χ2v) is 10.8. The number of carbonyl (C=O) groups is 2. The molecule has 0 N–H and O–H groups in total. The van der Waals surface area contributed by atoms with Crippen molar-refractivity contribution in [3.63, 3.8) is 0 Å². The van der Waals surface area contributed by atoms with Gasteiger partial charge in [-0.3, -0.25) is 9.59 Å². The lowest BCUT2D eigenvalue weighted by Gasteiger charge is -2.56. The van der Waals surface area contributed by atoms with E-state index in [1.807, 2.05) is 6.08 Å². The van der Waals surface area contributed by atoms with Crippen LogP contribution in [0.1, 0.15) is 66.2 Å². The van der Waals surface area contributed by atoms with E-state index in [0.29, 0.717) is 43.7 Å². The van der Waals surface area contributed by atoms with E-state index in [1.165, 1.54) is 12.5 Å². The summed E-state index contributed by atoms with van der Waals surface area (Å²) in [4.78, 5) is 25.1. The van der Waals surface area contributed by atoms with Gasteiger partial charge in [-0.25, -0.2) is 0 Å². The van der Waals surface area contributed by atoms with Crippen LogP contribution in [0.5, 0.6) is 0 Å². The molecule has 2 saturated carbocycles. The van der Waals surface area contributed by atoms with Crippen LogP contribution in [0.4, 0.5) is 0 Å². The van der Waals surface area contributed by atoms with E-state index < -0.39 is 5.79 Å². The van der Waals surface area contributed by atoms with E-state index in [-0.39, 0.29) is 28.6 Å². The molecule has 0 aromatic carbocycles. The van der Waals surface area contributed by atoms with Gasteiger partial charge < -0.3 is 14.2 Å². The first-order valence-corrected chi connectivity index (χ1v) is 11.6. The molecule has 5 nitrogen and oxygen atoms in total. The highest BCUT2D eigenvalue weighted by atomic mass is 16.7. The van der Waals surface area contributed by atoms with E-state index >= 15 is 0 Å². The molecule has 1 saturated heterocycles. The predicted molar refractivity (Wildman–Crippen MR) is 111 cm³/mol. The van der Waals surface area contributed by atoms with Gasteiger partial charge in [-0.2, -0.15) is 0 Å². The van der Waals surface area contributed by atoms with Gasteiger partial charge in [0.1, 0.15) is 11.5 Å². The lowest BCUT2D eigenvalue weighted by atomic mass is 9.47. The summed E-state index contributed by atoms with van der Waals surface area (Å²) in [5.74, 6) is 1.54. The Labute approximate surface area is 179 Å². The molecule has 0 aromatic rings. The summed E-state index contributed by atoms with van der Waals surface area (Å²) in [5.41, 5.74) is 0.965. The monoisotopic (exact) mass is 414 g/mol. The fourth-order valence-corrected chi connectivity index (χ4v) is 7.99. The summed E-state index contributed by atoms with van der Waals surface area (Å²) in [6.07, 6.45) is 9.69. The number of ketones is 1. The predicted octanol–water partition coefficient (Wildman–Crippen LogP) is 4.56. The van der Waals surface area contributed by atoms with Crippen LogP contribution in [0.2, 0.25) is 0 Å². The fourth-order valence-electron chi connectivity index (χ4n) is 7.99.